The summed E-state index contributed by atoms with van der Waals surface area (Å²) < 4.78 is 10.6. The highest BCUT2D eigenvalue weighted by molar-refractivity contribution is 6.37. The molecular weight excluding hydrogens is 408 g/mol. The molecule has 1 N–H and O–H groups in total. The molecule has 1 heterocycles. The minimum Gasteiger partial charge on any atom is -0.497 e. The Bertz CT molecular complexity index is 1200. The molecule has 0 unspecified atom stereocenters. The predicted molar refractivity (Wildman–Crippen MR) is 121 cm³/mol. The topological polar surface area (TPSA) is 88.4 Å². The van der Waals surface area contributed by atoms with Crippen LogP contribution in [0.1, 0.15) is 11.1 Å². The number of hydrogen-bond acceptors (Lipinski definition) is 5. The molecule has 4 rings (SSSR count). The molecule has 32 heavy (non-hydrogen) atoms. The van der Waals surface area contributed by atoms with E-state index < -0.39 is 12.6 Å². The minimum atomic E-state index is -1.08. The first-order valence-electron chi connectivity index (χ1n) is 9.85. The van der Waals surface area contributed by atoms with Gasteiger partial charge in [-0.3, -0.25) is 4.79 Å². The number of amides is 1. The number of ether oxygens (including phenoxy) is 2. The van der Waals surface area contributed by atoms with Gasteiger partial charge < -0.3 is 14.6 Å². The molecule has 1 aliphatic rings. The molecule has 0 fully saturated rings. The quantitative estimate of drug-likeness (QED) is 0.575. The van der Waals surface area contributed by atoms with E-state index in [-0.39, 0.29) is 5.91 Å². The molecule has 0 aliphatic carbocycles. The van der Waals surface area contributed by atoms with Crippen molar-refractivity contribution < 1.29 is 24.2 Å². The number of carboxylic acids is 1. The Morgan fingerprint density at radius 2 is 1.69 bits per heavy atom. The number of hydrazone groups is 1. The molecule has 3 aromatic rings. The molecule has 7 nitrogen and oxygen atoms in total. The van der Waals surface area contributed by atoms with Crippen LogP contribution in [0.5, 0.6) is 11.5 Å². The maximum atomic E-state index is 13.4. The second-order valence-corrected chi connectivity index (χ2v) is 6.91. The van der Waals surface area contributed by atoms with E-state index in [1.807, 2.05) is 30.3 Å². The van der Waals surface area contributed by atoms with E-state index in [9.17, 15) is 9.59 Å². The lowest BCUT2D eigenvalue weighted by Crippen LogP contribution is -2.21. The Kier molecular flexibility index (Phi) is 5.98. The zero-order chi connectivity index (χ0) is 22.5. The third-order valence-corrected chi connectivity index (χ3v) is 4.81. The fourth-order valence-corrected chi connectivity index (χ4v) is 3.28. The maximum Gasteiger partial charge on any atom is 0.341 e. The van der Waals surface area contributed by atoms with Gasteiger partial charge in [-0.25, -0.2) is 4.79 Å². The van der Waals surface area contributed by atoms with Gasteiger partial charge in [-0.1, -0.05) is 36.4 Å². The molecule has 0 saturated carbocycles. The number of benzene rings is 3. The van der Waals surface area contributed by atoms with Gasteiger partial charge in [0.2, 0.25) is 0 Å². The maximum absolute atomic E-state index is 13.4. The lowest BCUT2D eigenvalue weighted by molar-refractivity contribution is -0.139. The van der Waals surface area contributed by atoms with Gasteiger partial charge in [-0.15, -0.1) is 0 Å². The van der Waals surface area contributed by atoms with E-state index in [0.29, 0.717) is 34.0 Å². The van der Waals surface area contributed by atoms with Crippen molar-refractivity contribution in [2.24, 2.45) is 5.10 Å². The van der Waals surface area contributed by atoms with Crippen molar-refractivity contribution in [1.29, 1.82) is 0 Å². The lowest BCUT2D eigenvalue weighted by atomic mass is 9.99. The van der Waals surface area contributed by atoms with Crippen molar-refractivity contribution in [1.82, 2.24) is 0 Å². The van der Waals surface area contributed by atoms with Crippen molar-refractivity contribution in [3.8, 4) is 11.5 Å². The standard InChI is InChI=1S/C25H20N2O5/c1-31-20-13-11-17(12-14-20)24-21(25(30)27(26-24)19-8-3-2-4-9-19)15-18-7-5-6-10-22(18)32-16-23(28)29/h2-15H,16H2,1H3,(H,28,29). The van der Waals surface area contributed by atoms with E-state index in [1.165, 1.54) is 5.01 Å². The van der Waals surface area contributed by atoms with Crippen LogP contribution < -0.4 is 14.5 Å². The Hall–Kier alpha value is -4.39. The number of carbonyl (C=O) groups excluding carboxylic acids is 1. The SMILES string of the molecule is COc1ccc(C2=NN(c3ccccc3)C(=O)C2=Cc2ccccc2OCC(=O)O)cc1. The monoisotopic (exact) mass is 428 g/mol. The van der Waals surface area contributed by atoms with Crippen LogP contribution in [-0.4, -0.2) is 36.4 Å². The normalized spacial score (nSPS) is 14.4. The summed E-state index contributed by atoms with van der Waals surface area (Å²) in [6, 6.07) is 23.4. The summed E-state index contributed by atoms with van der Waals surface area (Å²) in [6.45, 7) is -0.482. The average molecular weight is 428 g/mol. The van der Waals surface area contributed by atoms with Crippen LogP contribution in [0.15, 0.2) is 89.5 Å². The number of aliphatic carboxylic acids is 1. The van der Waals surface area contributed by atoms with Crippen molar-refractivity contribution >= 4 is 29.4 Å². The minimum absolute atomic E-state index is 0.296. The highest BCUT2D eigenvalue weighted by Gasteiger charge is 2.32. The van der Waals surface area contributed by atoms with Gasteiger partial charge in [-0.2, -0.15) is 10.1 Å². The molecule has 0 atom stereocenters. The van der Waals surface area contributed by atoms with Gasteiger partial charge in [0, 0.05) is 11.1 Å². The molecule has 0 radical (unpaired) electrons. The molecule has 0 saturated heterocycles. The number of hydrogen-bond donors (Lipinski definition) is 1. The number of nitrogens with zero attached hydrogens (tertiary/aromatic N) is 2. The summed E-state index contributed by atoms with van der Waals surface area (Å²) in [4.78, 5) is 24.3. The molecule has 3 aromatic carbocycles. The molecule has 7 heteroatoms. The van der Waals surface area contributed by atoms with Gasteiger partial charge in [0.15, 0.2) is 6.61 Å². The number of carboxylic acid groups (broad SMARTS) is 1. The Labute approximate surface area is 184 Å². The predicted octanol–water partition coefficient (Wildman–Crippen LogP) is 3.99. The Morgan fingerprint density at radius 1 is 1.00 bits per heavy atom. The van der Waals surface area contributed by atoms with Crippen LogP contribution in [-0.2, 0) is 9.59 Å². The summed E-state index contributed by atoms with van der Waals surface area (Å²) >= 11 is 0. The van der Waals surface area contributed by atoms with Gasteiger partial charge in [0.1, 0.15) is 17.2 Å². The fourth-order valence-electron chi connectivity index (χ4n) is 3.28. The van der Waals surface area contributed by atoms with Crippen molar-refractivity contribution in [3.05, 3.63) is 95.6 Å². The zero-order valence-corrected chi connectivity index (χ0v) is 17.3. The second-order valence-electron chi connectivity index (χ2n) is 6.91. The molecular formula is C25H20N2O5. The van der Waals surface area contributed by atoms with Crippen LogP contribution in [0.2, 0.25) is 0 Å². The van der Waals surface area contributed by atoms with Crippen LogP contribution >= 0.6 is 0 Å². The van der Waals surface area contributed by atoms with Gasteiger partial charge in [0.25, 0.3) is 5.91 Å². The van der Waals surface area contributed by atoms with Crippen LogP contribution in [0.4, 0.5) is 5.69 Å². The number of anilines is 1. The Balaban J connectivity index is 1.79. The Morgan fingerprint density at radius 3 is 2.38 bits per heavy atom. The van der Waals surface area contributed by atoms with E-state index >= 15 is 0 Å². The van der Waals surface area contributed by atoms with Gasteiger partial charge >= 0.3 is 5.97 Å². The number of para-hydroxylation sites is 2. The van der Waals surface area contributed by atoms with Crippen molar-refractivity contribution in [2.75, 3.05) is 18.7 Å². The van der Waals surface area contributed by atoms with E-state index in [0.717, 1.165) is 5.56 Å². The third kappa shape index (κ3) is 4.37. The number of rotatable bonds is 7. The first kappa shape index (κ1) is 20.9. The highest BCUT2D eigenvalue weighted by Crippen LogP contribution is 2.30. The van der Waals surface area contributed by atoms with Gasteiger partial charge in [0.05, 0.1) is 18.4 Å². The molecule has 160 valence electrons. The fraction of sp³-hybridized carbons (Fsp3) is 0.0800. The van der Waals surface area contributed by atoms with Crippen LogP contribution in [0, 0.1) is 0 Å². The molecule has 1 aliphatic heterocycles. The first-order chi connectivity index (χ1) is 15.6. The number of methoxy groups -OCH3 is 1. The van der Waals surface area contributed by atoms with E-state index in [2.05, 4.69) is 5.10 Å². The summed E-state index contributed by atoms with van der Waals surface area (Å²) in [7, 11) is 1.59. The van der Waals surface area contributed by atoms with Crippen molar-refractivity contribution in [3.63, 3.8) is 0 Å². The van der Waals surface area contributed by atoms with Gasteiger partial charge in [-0.05, 0) is 48.5 Å². The largest absolute Gasteiger partial charge is 0.497 e. The first-order valence-corrected chi connectivity index (χ1v) is 9.85. The third-order valence-electron chi connectivity index (χ3n) is 4.81. The average Bonchev–Trinajstić information content (AvgIpc) is 3.15. The summed E-state index contributed by atoms with van der Waals surface area (Å²) in [5.41, 5.74) is 2.82. The highest BCUT2D eigenvalue weighted by atomic mass is 16.5. The summed E-state index contributed by atoms with van der Waals surface area (Å²) in [5.74, 6) is -0.325. The zero-order valence-electron chi connectivity index (χ0n) is 17.3. The summed E-state index contributed by atoms with van der Waals surface area (Å²) in [5, 5.41) is 14.9. The molecule has 0 bridgehead atoms. The van der Waals surface area contributed by atoms with E-state index in [1.54, 1.807) is 61.7 Å². The smallest absolute Gasteiger partial charge is 0.341 e. The molecule has 0 aromatic heterocycles. The lowest BCUT2D eigenvalue weighted by Gasteiger charge is -2.11. The van der Waals surface area contributed by atoms with Crippen molar-refractivity contribution in [2.45, 2.75) is 0 Å². The van der Waals surface area contributed by atoms with Crippen LogP contribution in [0.25, 0.3) is 6.08 Å². The summed E-state index contributed by atoms with van der Waals surface area (Å²) in [6.07, 6.45) is 1.67. The second kappa shape index (κ2) is 9.18. The van der Waals surface area contributed by atoms with Crippen LogP contribution in [0.3, 0.4) is 0 Å². The number of carbonyl (C=O) groups is 2. The van der Waals surface area contributed by atoms with E-state index in [4.69, 9.17) is 14.6 Å². The molecule has 1 amide bonds. The molecule has 0 spiro atoms.